The minimum atomic E-state index is 0.0350. The molecule has 0 saturated carbocycles. The van der Waals surface area contributed by atoms with Gasteiger partial charge in [0, 0.05) is 36.5 Å². The molecule has 0 bridgehead atoms. The minimum absolute atomic E-state index is 0.0350. The second kappa shape index (κ2) is 9.13. The fourth-order valence-electron chi connectivity index (χ4n) is 3.35. The molecule has 27 heavy (non-hydrogen) atoms. The van der Waals surface area contributed by atoms with Crippen molar-refractivity contribution in [3.63, 3.8) is 0 Å². The second-order valence-electron chi connectivity index (χ2n) is 7.14. The highest BCUT2D eigenvalue weighted by atomic mass is 32.1. The van der Waals surface area contributed by atoms with E-state index < -0.39 is 0 Å². The summed E-state index contributed by atoms with van der Waals surface area (Å²) in [4.78, 5) is 31.2. The van der Waals surface area contributed by atoms with Crippen LogP contribution in [0.4, 0.5) is 0 Å². The molecule has 1 aliphatic heterocycles. The van der Waals surface area contributed by atoms with Gasteiger partial charge in [-0.1, -0.05) is 30.7 Å². The molecule has 1 aliphatic rings. The zero-order valence-corrected chi connectivity index (χ0v) is 16.8. The molecule has 1 saturated heterocycles. The van der Waals surface area contributed by atoms with E-state index in [1.54, 1.807) is 11.3 Å². The molecular weight excluding hydrogens is 358 g/mol. The van der Waals surface area contributed by atoms with E-state index in [0.29, 0.717) is 19.5 Å². The normalized spacial score (nSPS) is 15.0. The number of rotatable bonds is 6. The number of piperidine rings is 1. The molecule has 1 aromatic heterocycles. The molecule has 1 fully saturated rings. The van der Waals surface area contributed by atoms with Crippen molar-refractivity contribution < 1.29 is 9.59 Å². The number of amides is 2. The van der Waals surface area contributed by atoms with Gasteiger partial charge in [0.2, 0.25) is 11.8 Å². The molecule has 144 valence electrons. The van der Waals surface area contributed by atoms with Crippen molar-refractivity contribution in [2.75, 3.05) is 19.6 Å². The summed E-state index contributed by atoms with van der Waals surface area (Å²) in [5.74, 6) is 0.266. The van der Waals surface area contributed by atoms with Crippen molar-refractivity contribution in [3.05, 3.63) is 40.9 Å². The van der Waals surface area contributed by atoms with Gasteiger partial charge < -0.3 is 10.2 Å². The fraction of sp³-hybridized carbons (Fsp3) is 0.476. The molecule has 0 aliphatic carbocycles. The third kappa shape index (κ3) is 5.16. The maximum Gasteiger partial charge on any atom is 0.228 e. The lowest BCUT2D eigenvalue weighted by molar-refractivity contribution is -0.135. The lowest BCUT2D eigenvalue weighted by Gasteiger charge is -2.31. The quantitative estimate of drug-likeness (QED) is 0.829. The molecule has 2 aromatic rings. The van der Waals surface area contributed by atoms with E-state index in [4.69, 9.17) is 0 Å². The van der Waals surface area contributed by atoms with Gasteiger partial charge >= 0.3 is 0 Å². The Bertz CT molecular complexity index is 794. The van der Waals surface area contributed by atoms with Gasteiger partial charge in [-0.2, -0.15) is 0 Å². The van der Waals surface area contributed by atoms with Crippen molar-refractivity contribution in [2.24, 2.45) is 5.92 Å². The molecule has 2 amide bonds. The predicted octanol–water partition coefficient (Wildman–Crippen LogP) is 3.43. The van der Waals surface area contributed by atoms with Crippen LogP contribution in [-0.4, -0.2) is 41.3 Å². The molecule has 0 radical (unpaired) electrons. The Labute approximate surface area is 164 Å². The number of aryl methyl sites for hydroxylation is 1. The van der Waals surface area contributed by atoms with Crippen LogP contribution < -0.4 is 5.32 Å². The van der Waals surface area contributed by atoms with Crippen molar-refractivity contribution in [3.8, 4) is 10.6 Å². The lowest BCUT2D eigenvalue weighted by atomic mass is 9.95. The van der Waals surface area contributed by atoms with E-state index in [9.17, 15) is 9.59 Å². The summed E-state index contributed by atoms with van der Waals surface area (Å²) in [5.41, 5.74) is 3.12. The summed E-state index contributed by atoms with van der Waals surface area (Å²) in [6, 6.07) is 8.25. The molecule has 1 N–H and O–H groups in total. The highest BCUT2D eigenvalue weighted by Gasteiger charge is 2.27. The summed E-state index contributed by atoms with van der Waals surface area (Å²) in [6.45, 7) is 6.14. The average Bonchev–Trinajstić information content (AvgIpc) is 3.14. The Morgan fingerprint density at radius 1 is 1.30 bits per heavy atom. The van der Waals surface area contributed by atoms with Crippen LogP contribution in [0.2, 0.25) is 0 Å². The molecule has 1 aromatic carbocycles. The fourth-order valence-corrected chi connectivity index (χ4v) is 4.17. The number of hydrogen-bond donors (Lipinski definition) is 1. The van der Waals surface area contributed by atoms with Crippen LogP contribution in [0, 0.1) is 12.8 Å². The van der Waals surface area contributed by atoms with Gasteiger partial charge in [-0.05, 0) is 32.3 Å². The van der Waals surface area contributed by atoms with E-state index in [1.807, 2.05) is 29.3 Å². The predicted molar refractivity (Wildman–Crippen MR) is 109 cm³/mol. The molecule has 5 nitrogen and oxygen atoms in total. The van der Waals surface area contributed by atoms with Gasteiger partial charge in [-0.3, -0.25) is 9.59 Å². The van der Waals surface area contributed by atoms with E-state index in [-0.39, 0.29) is 17.7 Å². The maximum atomic E-state index is 12.6. The zero-order valence-electron chi connectivity index (χ0n) is 16.0. The number of nitrogens with zero attached hydrogens (tertiary/aromatic N) is 2. The Morgan fingerprint density at radius 2 is 2.07 bits per heavy atom. The number of hydrogen-bond acceptors (Lipinski definition) is 4. The number of carbonyl (C=O) groups excluding carboxylic acids is 2. The second-order valence-corrected chi connectivity index (χ2v) is 7.99. The third-order valence-corrected chi connectivity index (χ3v) is 5.86. The summed E-state index contributed by atoms with van der Waals surface area (Å²) < 4.78 is 0. The largest absolute Gasteiger partial charge is 0.356 e. The van der Waals surface area contributed by atoms with Crippen LogP contribution >= 0.6 is 11.3 Å². The topological polar surface area (TPSA) is 62.3 Å². The van der Waals surface area contributed by atoms with Crippen LogP contribution in [0.1, 0.15) is 37.4 Å². The van der Waals surface area contributed by atoms with Gasteiger partial charge in [0.15, 0.2) is 0 Å². The van der Waals surface area contributed by atoms with Crippen LogP contribution in [0.3, 0.4) is 0 Å². The highest BCUT2D eigenvalue weighted by Crippen LogP contribution is 2.25. The smallest absolute Gasteiger partial charge is 0.228 e. The van der Waals surface area contributed by atoms with Crippen LogP contribution in [0.15, 0.2) is 29.6 Å². The SMILES string of the molecule is CCCNC(=O)C1CCN(C(=O)Cc2csc(-c3cccc(C)c3)n2)CC1. The van der Waals surface area contributed by atoms with Gasteiger partial charge in [-0.25, -0.2) is 4.98 Å². The molecule has 6 heteroatoms. The summed E-state index contributed by atoms with van der Waals surface area (Å²) in [6.07, 6.45) is 2.76. The number of benzene rings is 1. The van der Waals surface area contributed by atoms with Crippen molar-refractivity contribution in [2.45, 2.75) is 39.5 Å². The average molecular weight is 386 g/mol. The molecule has 0 atom stereocenters. The number of nitrogens with one attached hydrogen (secondary N) is 1. The zero-order chi connectivity index (χ0) is 19.2. The van der Waals surface area contributed by atoms with Crippen LogP contribution in [0.25, 0.3) is 10.6 Å². The van der Waals surface area contributed by atoms with Crippen molar-refractivity contribution in [1.29, 1.82) is 0 Å². The Balaban J connectivity index is 1.52. The summed E-state index contributed by atoms with van der Waals surface area (Å²) >= 11 is 1.58. The van der Waals surface area contributed by atoms with E-state index in [0.717, 1.165) is 42.1 Å². The minimum Gasteiger partial charge on any atom is -0.356 e. The lowest BCUT2D eigenvalue weighted by Crippen LogP contribution is -2.43. The maximum absolute atomic E-state index is 12.6. The Morgan fingerprint density at radius 3 is 2.78 bits per heavy atom. The summed E-state index contributed by atoms with van der Waals surface area (Å²) in [5, 5.41) is 5.88. The first-order chi connectivity index (χ1) is 13.1. The standard InChI is InChI=1S/C21H27N3O2S/c1-3-9-22-20(26)16-7-10-24(11-8-16)19(25)13-18-14-27-21(23-18)17-6-4-5-15(2)12-17/h4-6,12,14,16H,3,7-11,13H2,1-2H3,(H,22,26). The van der Waals surface area contributed by atoms with E-state index in [1.165, 1.54) is 5.56 Å². The Hall–Kier alpha value is -2.21. The first-order valence-corrected chi connectivity index (χ1v) is 10.5. The van der Waals surface area contributed by atoms with Crippen molar-refractivity contribution >= 4 is 23.2 Å². The Kier molecular flexibility index (Phi) is 6.61. The van der Waals surface area contributed by atoms with Gasteiger partial charge in [0.1, 0.15) is 5.01 Å². The van der Waals surface area contributed by atoms with Crippen LogP contribution in [0.5, 0.6) is 0 Å². The van der Waals surface area contributed by atoms with E-state index in [2.05, 4.69) is 29.4 Å². The molecule has 2 heterocycles. The van der Waals surface area contributed by atoms with Crippen molar-refractivity contribution in [1.82, 2.24) is 15.2 Å². The molecule has 3 rings (SSSR count). The number of aromatic nitrogens is 1. The third-order valence-electron chi connectivity index (χ3n) is 4.92. The molecule has 0 unspecified atom stereocenters. The molecular formula is C21H27N3O2S. The first kappa shape index (κ1) is 19.5. The first-order valence-electron chi connectivity index (χ1n) is 9.63. The van der Waals surface area contributed by atoms with Gasteiger partial charge in [0.05, 0.1) is 12.1 Å². The summed E-state index contributed by atoms with van der Waals surface area (Å²) in [7, 11) is 0. The highest BCUT2D eigenvalue weighted by molar-refractivity contribution is 7.13. The number of carbonyl (C=O) groups is 2. The number of thiazole rings is 1. The van der Waals surface area contributed by atoms with E-state index >= 15 is 0 Å². The monoisotopic (exact) mass is 385 g/mol. The molecule has 0 spiro atoms. The van der Waals surface area contributed by atoms with Gasteiger partial charge in [0.25, 0.3) is 0 Å². The van der Waals surface area contributed by atoms with Gasteiger partial charge in [-0.15, -0.1) is 11.3 Å². The number of likely N-dealkylation sites (tertiary alicyclic amines) is 1. The van der Waals surface area contributed by atoms with Crippen LogP contribution in [-0.2, 0) is 16.0 Å².